The average molecular weight is 194 g/mol. The van der Waals surface area contributed by atoms with E-state index < -0.39 is 0 Å². The second kappa shape index (κ2) is 2.71. The molecule has 0 saturated carbocycles. The summed E-state index contributed by atoms with van der Waals surface area (Å²) in [5.74, 6) is 2.59. The Hall–Kier alpha value is -0.0800. The Balaban J connectivity index is 2.18. The summed E-state index contributed by atoms with van der Waals surface area (Å²) in [6, 6.07) is 4.84. The van der Waals surface area contributed by atoms with Crippen molar-refractivity contribution in [1.29, 1.82) is 0 Å². The summed E-state index contributed by atoms with van der Waals surface area (Å²) in [6.45, 7) is 0. The third-order valence-electron chi connectivity index (χ3n) is 2.50. The molecule has 0 bridgehead atoms. The fourth-order valence-corrected chi connectivity index (χ4v) is 4.07. The van der Waals surface area contributed by atoms with Gasteiger partial charge in [0.05, 0.1) is 0 Å². The molecule has 2 aliphatic rings. The largest absolute Gasteiger partial charge is 0.126 e. The van der Waals surface area contributed by atoms with Crippen LogP contribution in [0.4, 0.5) is 0 Å². The van der Waals surface area contributed by atoms with Crippen molar-refractivity contribution in [3.8, 4) is 0 Å². The minimum Gasteiger partial charge on any atom is -0.126 e. The molecule has 1 aromatic rings. The van der Waals surface area contributed by atoms with Crippen molar-refractivity contribution in [3.05, 3.63) is 23.3 Å². The molecule has 0 spiro atoms. The summed E-state index contributed by atoms with van der Waals surface area (Å²) in [6.07, 6.45) is 2.57. The van der Waals surface area contributed by atoms with E-state index in [0.717, 1.165) is 0 Å². The Morgan fingerprint density at radius 1 is 0.833 bits per heavy atom. The average Bonchev–Trinajstić information content (AvgIpc) is 2.64. The lowest BCUT2D eigenvalue weighted by Crippen LogP contribution is -1.84. The van der Waals surface area contributed by atoms with Crippen LogP contribution in [0.15, 0.2) is 21.9 Å². The number of thioether (sulfide) groups is 2. The summed E-state index contributed by atoms with van der Waals surface area (Å²) < 4.78 is 0. The van der Waals surface area contributed by atoms with E-state index in [1.54, 1.807) is 20.9 Å². The molecule has 2 heteroatoms. The summed E-state index contributed by atoms with van der Waals surface area (Å²) in [7, 11) is 0. The molecule has 0 nitrogen and oxygen atoms in total. The van der Waals surface area contributed by atoms with Gasteiger partial charge < -0.3 is 0 Å². The third-order valence-corrected chi connectivity index (χ3v) is 4.70. The molecule has 0 fully saturated rings. The topological polar surface area (TPSA) is 0 Å². The lowest BCUT2D eigenvalue weighted by molar-refractivity contribution is 1.07. The van der Waals surface area contributed by atoms with Crippen LogP contribution in [-0.2, 0) is 12.8 Å². The SMILES string of the molecule is c1c2c(cc3c1SCC3)SCC2. The predicted octanol–water partition coefficient (Wildman–Crippen LogP) is 2.98. The molecule has 2 heterocycles. The fraction of sp³-hybridized carbons (Fsp3) is 0.400. The van der Waals surface area contributed by atoms with Crippen LogP contribution >= 0.6 is 23.5 Å². The van der Waals surface area contributed by atoms with Crippen LogP contribution in [-0.4, -0.2) is 11.5 Å². The van der Waals surface area contributed by atoms with Crippen molar-refractivity contribution >= 4 is 23.5 Å². The highest BCUT2D eigenvalue weighted by Gasteiger charge is 2.18. The van der Waals surface area contributed by atoms with Gasteiger partial charge in [0.1, 0.15) is 0 Å². The van der Waals surface area contributed by atoms with Gasteiger partial charge in [0.2, 0.25) is 0 Å². The highest BCUT2D eigenvalue weighted by molar-refractivity contribution is 8.00. The molecule has 3 rings (SSSR count). The molecule has 0 aliphatic carbocycles. The van der Waals surface area contributed by atoms with Gasteiger partial charge in [0, 0.05) is 21.3 Å². The van der Waals surface area contributed by atoms with Gasteiger partial charge in [-0.2, -0.15) is 0 Å². The van der Waals surface area contributed by atoms with E-state index in [9.17, 15) is 0 Å². The van der Waals surface area contributed by atoms with Crippen LogP contribution < -0.4 is 0 Å². The van der Waals surface area contributed by atoms with E-state index >= 15 is 0 Å². The maximum atomic E-state index is 2.42. The van der Waals surface area contributed by atoms with Crippen LogP contribution in [0.1, 0.15) is 11.1 Å². The van der Waals surface area contributed by atoms with Gasteiger partial charge in [-0.1, -0.05) is 0 Å². The van der Waals surface area contributed by atoms with Gasteiger partial charge in [0.25, 0.3) is 0 Å². The van der Waals surface area contributed by atoms with Gasteiger partial charge in [-0.25, -0.2) is 0 Å². The molecule has 0 saturated heterocycles. The number of hydrogen-bond acceptors (Lipinski definition) is 2. The summed E-state index contributed by atoms with van der Waals surface area (Å²) in [5.41, 5.74) is 3.18. The standard InChI is InChI=1S/C10H10S2/c1-3-11-9-6-8-2-4-12-10(8)5-7(1)9/h5-6H,1-4H2. The first-order valence-corrected chi connectivity index (χ1v) is 6.32. The number of hydrogen-bond donors (Lipinski definition) is 0. The first-order valence-electron chi connectivity index (χ1n) is 4.35. The first-order chi connectivity index (χ1) is 5.93. The quantitative estimate of drug-likeness (QED) is 0.622. The normalized spacial score (nSPS) is 19.3. The zero-order valence-electron chi connectivity index (χ0n) is 6.80. The van der Waals surface area contributed by atoms with Crippen LogP contribution in [0.3, 0.4) is 0 Å². The Morgan fingerprint density at radius 3 is 1.83 bits per heavy atom. The van der Waals surface area contributed by atoms with Crippen LogP contribution in [0, 0.1) is 0 Å². The van der Waals surface area contributed by atoms with E-state index in [0.29, 0.717) is 0 Å². The lowest BCUT2D eigenvalue weighted by atomic mass is 10.1. The molecule has 2 aliphatic heterocycles. The number of benzene rings is 1. The number of rotatable bonds is 0. The second-order valence-corrected chi connectivity index (χ2v) is 5.54. The van der Waals surface area contributed by atoms with Crippen LogP contribution in [0.25, 0.3) is 0 Å². The van der Waals surface area contributed by atoms with Gasteiger partial charge >= 0.3 is 0 Å². The smallest absolute Gasteiger partial charge is 0.0108 e. The van der Waals surface area contributed by atoms with Crippen molar-refractivity contribution < 1.29 is 0 Å². The Labute approximate surface area is 81.1 Å². The zero-order valence-corrected chi connectivity index (χ0v) is 8.43. The monoisotopic (exact) mass is 194 g/mol. The molecule has 12 heavy (non-hydrogen) atoms. The summed E-state index contributed by atoms with van der Waals surface area (Å²) in [5, 5.41) is 0. The van der Waals surface area contributed by atoms with Crippen molar-refractivity contribution in [2.45, 2.75) is 22.6 Å². The minimum atomic E-state index is 1.29. The van der Waals surface area contributed by atoms with Crippen molar-refractivity contribution in [1.82, 2.24) is 0 Å². The summed E-state index contributed by atoms with van der Waals surface area (Å²) in [4.78, 5) is 3.10. The Kier molecular flexibility index (Phi) is 1.66. The molecule has 1 aromatic carbocycles. The van der Waals surface area contributed by atoms with E-state index in [-0.39, 0.29) is 0 Å². The summed E-state index contributed by atoms with van der Waals surface area (Å²) >= 11 is 4.05. The van der Waals surface area contributed by atoms with E-state index in [4.69, 9.17) is 0 Å². The fourth-order valence-electron chi connectivity index (χ4n) is 1.85. The molecule has 0 radical (unpaired) electrons. The Bertz CT molecular complexity index is 271. The van der Waals surface area contributed by atoms with Gasteiger partial charge in [-0.05, 0) is 36.1 Å². The molecule has 0 amide bonds. The maximum absolute atomic E-state index is 2.42. The van der Waals surface area contributed by atoms with Crippen LogP contribution in [0.5, 0.6) is 0 Å². The molecule has 0 atom stereocenters. The van der Waals surface area contributed by atoms with Crippen molar-refractivity contribution in [2.75, 3.05) is 11.5 Å². The second-order valence-electron chi connectivity index (χ2n) is 3.26. The lowest BCUT2D eigenvalue weighted by Gasteiger charge is -2.02. The molecular weight excluding hydrogens is 184 g/mol. The highest BCUT2D eigenvalue weighted by atomic mass is 32.2. The molecule has 0 N–H and O–H groups in total. The minimum absolute atomic E-state index is 1.29. The van der Waals surface area contributed by atoms with Gasteiger partial charge in [0.15, 0.2) is 0 Å². The van der Waals surface area contributed by atoms with Crippen molar-refractivity contribution in [2.24, 2.45) is 0 Å². The maximum Gasteiger partial charge on any atom is 0.0108 e. The molecule has 0 aromatic heterocycles. The predicted molar refractivity (Wildman–Crippen MR) is 55.3 cm³/mol. The van der Waals surface area contributed by atoms with Crippen molar-refractivity contribution in [3.63, 3.8) is 0 Å². The third kappa shape index (κ3) is 1.01. The first kappa shape index (κ1) is 7.34. The molecular formula is C10H10S2. The Morgan fingerprint density at radius 2 is 1.33 bits per heavy atom. The van der Waals surface area contributed by atoms with E-state index in [2.05, 4.69) is 12.1 Å². The molecule has 0 unspecified atom stereocenters. The van der Waals surface area contributed by atoms with Gasteiger partial charge in [-0.15, -0.1) is 23.5 Å². The van der Waals surface area contributed by atoms with E-state index in [1.807, 2.05) is 23.5 Å². The van der Waals surface area contributed by atoms with E-state index in [1.165, 1.54) is 24.3 Å². The molecule has 62 valence electrons. The number of fused-ring (bicyclic) bond motifs is 2. The van der Waals surface area contributed by atoms with Gasteiger partial charge in [-0.3, -0.25) is 0 Å². The van der Waals surface area contributed by atoms with Crippen LogP contribution in [0.2, 0.25) is 0 Å². The highest BCUT2D eigenvalue weighted by Crippen LogP contribution is 2.39. The zero-order chi connectivity index (χ0) is 7.97. The number of aryl methyl sites for hydroxylation is 2.